The highest BCUT2D eigenvalue weighted by Crippen LogP contribution is 2.34. The molecule has 0 radical (unpaired) electrons. The molecule has 3 heteroatoms. The SMILES string of the molecule is C#CCN(CC1CC1)c1ccc(C(=O)O)c2ccccc12. The fourth-order valence-electron chi connectivity index (χ4n) is 2.72. The smallest absolute Gasteiger partial charge is 0.336 e. The molecule has 0 aliphatic heterocycles. The van der Waals surface area contributed by atoms with Crippen molar-refractivity contribution in [3.63, 3.8) is 0 Å². The van der Waals surface area contributed by atoms with Crippen LogP contribution < -0.4 is 4.90 Å². The van der Waals surface area contributed by atoms with Crippen LogP contribution in [0.3, 0.4) is 0 Å². The number of rotatable bonds is 5. The van der Waals surface area contributed by atoms with E-state index in [0.717, 1.165) is 28.9 Å². The molecule has 0 saturated heterocycles. The van der Waals surface area contributed by atoms with E-state index < -0.39 is 5.97 Å². The Morgan fingerprint density at radius 1 is 1.24 bits per heavy atom. The van der Waals surface area contributed by atoms with Crippen molar-refractivity contribution in [2.24, 2.45) is 5.92 Å². The third-order valence-electron chi connectivity index (χ3n) is 3.93. The van der Waals surface area contributed by atoms with Crippen LogP contribution in [-0.2, 0) is 0 Å². The highest BCUT2D eigenvalue weighted by atomic mass is 16.4. The Morgan fingerprint density at radius 3 is 2.57 bits per heavy atom. The minimum Gasteiger partial charge on any atom is -0.478 e. The van der Waals surface area contributed by atoms with Gasteiger partial charge in [0.1, 0.15) is 0 Å². The second-order valence-corrected chi connectivity index (χ2v) is 5.51. The number of anilines is 1. The first-order valence-electron chi connectivity index (χ1n) is 7.14. The van der Waals surface area contributed by atoms with Gasteiger partial charge in [0, 0.05) is 17.6 Å². The quantitative estimate of drug-likeness (QED) is 0.853. The summed E-state index contributed by atoms with van der Waals surface area (Å²) in [5.74, 6) is 2.53. The van der Waals surface area contributed by atoms with Crippen molar-refractivity contribution < 1.29 is 9.90 Å². The normalized spacial score (nSPS) is 13.9. The van der Waals surface area contributed by atoms with Gasteiger partial charge in [0.15, 0.2) is 0 Å². The molecule has 2 aromatic carbocycles. The predicted molar refractivity (Wildman–Crippen MR) is 84.7 cm³/mol. The maximum Gasteiger partial charge on any atom is 0.336 e. The van der Waals surface area contributed by atoms with Gasteiger partial charge in [-0.3, -0.25) is 0 Å². The van der Waals surface area contributed by atoms with Crippen molar-refractivity contribution in [1.29, 1.82) is 0 Å². The van der Waals surface area contributed by atoms with Gasteiger partial charge in [0.25, 0.3) is 0 Å². The molecule has 21 heavy (non-hydrogen) atoms. The predicted octanol–water partition coefficient (Wildman–Crippen LogP) is 3.39. The lowest BCUT2D eigenvalue weighted by Gasteiger charge is -2.24. The second kappa shape index (κ2) is 5.49. The lowest BCUT2D eigenvalue weighted by Crippen LogP contribution is -2.26. The Bertz CT molecular complexity index is 726. The molecule has 1 aliphatic rings. The number of nitrogens with zero attached hydrogens (tertiary/aromatic N) is 1. The van der Waals surface area contributed by atoms with Crippen LogP contribution in [0.2, 0.25) is 0 Å². The van der Waals surface area contributed by atoms with Gasteiger partial charge in [0.2, 0.25) is 0 Å². The molecule has 1 aliphatic carbocycles. The summed E-state index contributed by atoms with van der Waals surface area (Å²) >= 11 is 0. The summed E-state index contributed by atoms with van der Waals surface area (Å²) in [5, 5.41) is 11.0. The molecular formula is C18H17NO2. The van der Waals surface area contributed by atoms with E-state index in [2.05, 4.69) is 10.8 Å². The largest absolute Gasteiger partial charge is 0.478 e. The summed E-state index contributed by atoms with van der Waals surface area (Å²) in [5.41, 5.74) is 1.36. The first kappa shape index (κ1) is 13.5. The monoisotopic (exact) mass is 279 g/mol. The van der Waals surface area contributed by atoms with Crippen molar-refractivity contribution in [2.45, 2.75) is 12.8 Å². The Morgan fingerprint density at radius 2 is 1.95 bits per heavy atom. The van der Waals surface area contributed by atoms with Crippen LogP contribution in [-0.4, -0.2) is 24.2 Å². The Hall–Kier alpha value is -2.47. The number of terminal acetylenes is 1. The molecule has 0 unspecified atom stereocenters. The van der Waals surface area contributed by atoms with Gasteiger partial charge >= 0.3 is 5.97 Å². The van der Waals surface area contributed by atoms with Crippen molar-refractivity contribution in [3.8, 4) is 12.3 Å². The Kier molecular flexibility index (Phi) is 3.53. The lowest BCUT2D eigenvalue weighted by atomic mass is 10.0. The highest BCUT2D eigenvalue weighted by Gasteiger charge is 2.25. The van der Waals surface area contributed by atoms with Crippen LogP contribution in [0.4, 0.5) is 5.69 Å². The molecule has 0 atom stereocenters. The second-order valence-electron chi connectivity index (χ2n) is 5.51. The zero-order valence-corrected chi connectivity index (χ0v) is 11.7. The molecule has 0 bridgehead atoms. The molecule has 3 nitrogen and oxygen atoms in total. The van der Waals surface area contributed by atoms with Crippen LogP contribution in [0.15, 0.2) is 36.4 Å². The van der Waals surface area contributed by atoms with Gasteiger partial charge < -0.3 is 10.0 Å². The van der Waals surface area contributed by atoms with Crippen LogP contribution in [0.5, 0.6) is 0 Å². The highest BCUT2D eigenvalue weighted by molar-refractivity contribution is 6.07. The molecule has 0 amide bonds. The fraction of sp³-hybridized carbons (Fsp3) is 0.278. The van der Waals surface area contributed by atoms with Crippen LogP contribution in [0.25, 0.3) is 10.8 Å². The van der Waals surface area contributed by atoms with Crippen molar-refractivity contribution in [1.82, 2.24) is 0 Å². The number of aromatic carboxylic acids is 1. The van der Waals surface area contributed by atoms with Crippen molar-refractivity contribution >= 4 is 22.4 Å². The third kappa shape index (κ3) is 2.71. The maximum atomic E-state index is 11.4. The first-order valence-corrected chi connectivity index (χ1v) is 7.14. The topological polar surface area (TPSA) is 40.5 Å². The first-order chi connectivity index (χ1) is 10.2. The van der Waals surface area contributed by atoms with Gasteiger partial charge in [-0.2, -0.15) is 0 Å². The summed E-state index contributed by atoms with van der Waals surface area (Å²) in [6.07, 6.45) is 8.01. The van der Waals surface area contributed by atoms with Gasteiger partial charge in [0.05, 0.1) is 12.1 Å². The molecular weight excluding hydrogens is 262 g/mol. The van der Waals surface area contributed by atoms with E-state index in [-0.39, 0.29) is 0 Å². The average molecular weight is 279 g/mol. The van der Waals surface area contributed by atoms with Gasteiger partial charge in [-0.15, -0.1) is 6.42 Å². The molecule has 3 rings (SSSR count). The van der Waals surface area contributed by atoms with E-state index >= 15 is 0 Å². The minimum atomic E-state index is -0.900. The summed E-state index contributed by atoms with van der Waals surface area (Å²) < 4.78 is 0. The zero-order valence-electron chi connectivity index (χ0n) is 11.7. The summed E-state index contributed by atoms with van der Waals surface area (Å²) in [6.45, 7) is 1.49. The number of fused-ring (bicyclic) bond motifs is 1. The zero-order chi connectivity index (χ0) is 14.8. The third-order valence-corrected chi connectivity index (χ3v) is 3.93. The van der Waals surface area contributed by atoms with E-state index in [1.807, 2.05) is 30.3 Å². The molecule has 1 saturated carbocycles. The molecule has 0 heterocycles. The van der Waals surface area contributed by atoms with E-state index in [1.54, 1.807) is 6.07 Å². The minimum absolute atomic E-state index is 0.335. The standard InChI is InChI=1S/C18H17NO2/c1-2-11-19(12-13-7-8-13)17-10-9-16(18(20)21)14-5-3-4-6-15(14)17/h1,3-6,9-10,13H,7-8,11-12H2,(H,20,21). The number of carbonyl (C=O) groups is 1. The molecule has 0 spiro atoms. The summed E-state index contributed by atoms with van der Waals surface area (Å²) in [7, 11) is 0. The lowest BCUT2D eigenvalue weighted by molar-refractivity contribution is 0.0699. The fourth-order valence-corrected chi connectivity index (χ4v) is 2.72. The van der Waals surface area contributed by atoms with Gasteiger partial charge in [-0.05, 0) is 36.3 Å². The number of hydrogen-bond donors (Lipinski definition) is 1. The number of carboxylic acid groups (broad SMARTS) is 1. The summed E-state index contributed by atoms with van der Waals surface area (Å²) in [4.78, 5) is 13.5. The number of benzene rings is 2. The molecule has 106 valence electrons. The van der Waals surface area contributed by atoms with Crippen molar-refractivity contribution in [2.75, 3.05) is 18.0 Å². The van der Waals surface area contributed by atoms with Crippen molar-refractivity contribution in [3.05, 3.63) is 42.0 Å². The Balaban J connectivity index is 2.11. The molecule has 0 aromatic heterocycles. The maximum absolute atomic E-state index is 11.4. The van der Waals surface area contributed by atoms with E-state index in [0.29, 0.717) is 12.1 Å². The number of carboxylic acids is 1. The van der Waals surface area contributed by atoms with E-state index in [4.69, 9.17) is 6.42 Å². The molecule has 2 aromatic rings. The van der Waals surface area contributed by atoms with Crippen LogP contribution in [0, 0.1) is 18.3 Å². The average Bonchev–Trinajstić information content (AvgIpc) is 3.29. The van der Waals surface area contributed by atoms with E-state index in [1.165, 1.54) is 12.8 Å². The van der Waals surface area contributed by atoms with Gasteiger partial charge in [-0.1, -0.05) is 30.2 Å². The van der Waals surface area contributed by atoms with Gasteiger partial charge in [-0.25, -0.2) is 4.79 Å². The molecule has 1 fully saturated rings. The number of hydrogen-bond acceptors (Lipinski definition) is 2. The Labute approximate surface area is 124 Å². The summed E-state index contributed by atoms with van der Waals surface area (Å²) in [6, 6.07) is 11.2. The van der Waals surface area contributed by atoms with E-state index in [9.17, 15) is 9.90 Å². The van der Waals surface area contributed by atoms with Crippen LogP contribution in [0.1, 0.15) is 23.2 Å². The molecule has 1 N–H and O–H groups in total. The van der Waals surface area contributed by atoms with Crippen LogP contribution >= 0.6 is 0 Å².